The van der Waals surface area contributed by atoms with Crippen LogP contribution in [0, 0.1) is 0 Å². The van der Waals surface area contributed by atoms with Gasteiger partial charge in [0.1, 0.15) is 16.8 Å². The molecular formula is C13H21O5P. The molecule has 0 heterocycles. The van der Waals surface area contributed by atoms with Crippen molar-refractivity contribution in [3.63, 3.8) is 0 Å². The van der Waals surface area contributed by atoms with Crippen LogP contribution in [0.1, 0.15) is 27.7 Å². The van der Waals surface area contributed by atoms with E-state index >= 15 is 0 Å². The fraction of sp³-hybridized carbons (Fsp3) is 0.538. The highest BCUT2D eigenvalue weighted by atomic mass is 31.2. The summed E-state index contributed by atoms with van der Waals surface area (Å²) < 4.78 is 28.8. The first-order valence-corrected chi connectivity index (χ1v) is 7.67. The Labute approximate surface area is 114 Å². The Morgan fingerprint density at radius 2 is 1.63 bits per heavy atom. The third kappa shape index (κ3) is 4.23. The molecule has 0 aliphatic carbocycles. The standard InChI is InChI=1S/C13H21O5P/c1-9(2)17-19(15,18-10(3)4)13-8-11(16-5)6-7-12(13)14/h6-10,14H,1-5H3. The number of benzene rings is 1. The highest BCUT2D eigenvalue weighted by Crippen LogP contribution is 2.51. The van der Waals surface area contributed by atoms with Gasteiger partial charge in [-0.3, -0.25) is 4.57 Å². The average molecular weight is 288 g/mol. The molecule has 1 N–H and O–H groups in total. The number of phenols is 1. The van der Waals surface area contributed by atoms with Gasteiger partial charge in [-0.25, -0.2) is 0 Å². The molecule has 0 amide bonds. The van der Waals surface area contributed by atoms with E-state index in [0.29, 0.717) is 5.75 Å². The molecule has 0 spiro atoms. The van der Waals surface area contributed by atoms with Crippen molar-refractivity contribution in [2.24, 2.45) is 0 Å². The normalized spacial score (nSPS) is 12.2. The van der Waals surface area contributed by atoms with Gasteiger partial charge in [0, 0.05) is 0 Å². The molecule has 0 fully saturated rings. The Kier molecular flexibility index (Phi) is 5.41. The van der Waals surface area contributed by atoms with Gasteiger partial charge in [0.25, 0.3) is 0 Å². The number of methoxy groups -OCH3 is 1. The van der Waals surface area contributed by atoms with Crippen LogP contribution < -0.4 is 10.0 Å². The smallest absolute Gasteiger partial charge is 0.365 e. The lowest BCUT2D eigenvalue weighted by molar-refractivity contribution is 0.149. The van der Waals surface area contributed by atoms with Crippen molar-refractivity contribution < 1.29 is 23.5 Å². The van der Waals surface area contributed by atoms with E-state index in [1.54, 1.807) is 33.8 Å². The van der Waals surface area contributed by atoms with Crippen molar-refractivity contribution in [3.05, 3.63) is 18.2 Å². The van der Waals surface area contributed by atoms with Crippen LogP contribution in [0.25, 0.3) is 0 Å². The van der Waals surface area contributed by atoms with Crippen molar-refractivity contribution in [1.82, 2.24) is 0 Å². The molecule has 0 bridgehead atoms. The summed E-state index contributed by atoms with van der Waals surface area (Å²) in [6, 6.07) is 4.46. The van der Waals surface area contributed by atoms with Gasteiger partial charge in [-0.2, -0.15) is 0 Å². The molecule has 0 unspecified atom stereocenters. The molecule has 108 valence electrons. The second-order valence-electron chi connectivity index (χ2n) is 4.66. The Morgan fingerprint density at radius 3 is 2.05 bits per heavy atom. The molecule has 0 radical (unpaired) electrons. The fourth-order valence-electron chi connectivity index (χ4n) is 1.54. The minimum absolute atomic E-state index is 0.120. The van der Waals surface area contributed by atoms with Gasteiger partial charge in [-0.1, -0.05) is 0 Å². The number of phenolic OH excluding ortho intramolecular Hbond substituents is 1. The molecule has 6 heteroatoms. The van der Waals surface area contributed by atoms with Crippen molar-refractivity contribution in [2.45, 2.75) is 39.9 Å². The zero-order valence-corrected chi connectivity index (χ0v) is 12.8. The lowest BCUT2D eigenvalue weighted by atomic mass is 10.3. The van der Waals surface area contributed by atoms with Crippen molar-refractivity contribution in [1.29, 1.82) is 0 Å². The maximum absolute atomic E-state index is 12.9. The summed E-state index contributed by atoms with van der Waals surface area (Å²) >= 11 is 0. The van der Waals surface area contributed by atoms with Crippen LogP contribution in [0.15, 0.2) is 18.2 Å². The number of rotatable bonds is 6. The van der Waals surface area contributed by atoms with E-state index in [9.17, 15) is 9.67 Å². The SMILES string of the molecule is COc1ccc(O)c(P(=O)(OC(C)C)OC(C)C)c1. The van der Waals surface area contributed by atoms with Gasteiger partial charge >= 0.3 is 7.60 Å². The van der Waals surface area contributed by atoms with Crippen LogP contribution in [0.5, 0.6) is 11.5 Å². The number of hydrogen-bond donors (Lipinski definition) is 1. The molecule has 0 atom stereocenters. The van der Waals surface area contributed by atoms with Crippen LogP contribution in [0.4, 0.5) is 0 Å². The third-order valence-electron chi connectivity index (χ3n) is 2.18. The van der Waals surface area contributed by atoms with E-state index < -0.39 is 7.60 Å². The van der Waals surface area contributed by atoms with Crippen molar-refractivity contribution >= 4 is 12.9 Å². The summed E-state index contributed by atoms with van der Waals surface area (Å²) in [7, 11) is -2.10. The second kappa shape index (κ2) is 6.42. The van der Waals surface area contributed by atoms with Crippen LogP contribution in [-0.4, -0.2) is 24.4 Å². The largest absolute Gasteiger partial charge is 0.507 e. The lowest BCUT2D eigenvalue weighted by Gasteiger charge is -2.23. The van der Waals surface area contributed by atoms with Crippen LogP contribution in [0.2, 0.25) is 0 Å². The molecular weight excluding hydrogens is 267 g/mol. The van der Waals surface area contributed by atoms with Gasteiger partial charge in [0.2, 0.25) is 0 Å². The maximum atomic E-state index is 12.9. The second-order valence-corrected chi connectivity index (χ2v) is 6.56. The molecule has 19 heavy (non-hydrogen) atoms. The zero-order chi connectivity index (χ0) is 14.6. The molecule has 0 aliphatic heterocycles. The zero-order valence-electron chi connectivity index (χ0n) is 11.9. The first-order chi connectivity index (χ1) is 8.78. The van der Waals surface area contributed by atoms with Crippen LogP contribution in [-0.2, 0) is 13.6 Å². The van der Waals surface area contributed by atoms with Gasteiger partial charge in [0.05, 0.1) is 19.3 Å². The number of hydrogen-bond acceptors (Lipinski definition) is 5. The molecule has 0 aliphatic rings. The third-order valence-corrected chi connectivity index (χ3v) is 4.52. The first kappa shape index (κ1) is 16.0. The quantitative estimate of drug-likeness (QED) is 0.815. The Hall–Kier alpha value is -1.03. The van der Waals surface area contributed by atoms with E-state index in [0.717, 1.165) is 0 Å². The number of aromatic hydroxyl groups is 1. The first-order valence-electron chi connectivity index (χ1n) is 6.13. The van der Waals surface area contributed by atoms with E-state index in [1.165, 1.54) is 19.2 Å². The summed E-state index contributed by atoms with van der Waals surface area (Å²) in [5.74, 6) is 0.346. The summed E-state index contributed by atoms with van der Waals surface area (Å²) in [6.07, 6.45) is -0.592. The molecule has 1 rings (SSSR count). The van der Waals surface area contributed by atoms with E-state index in [2.05, 4.69) is 0 Å². The molecule has 5 nitrogen and oxygen atoms in total. The molecule has 0 saturated carbocycles. The lowest BCUT2D eigenvalue weighted by Crippen LogP contribution is -2.17. The predicted molar refractivity (Wildman–Crippen MR) is 74.3 cm³/mol. The minimum Gasteiger partial charge on any atom is -0.507 e. The van der Waals surface area contributed by atoms with E-state index in [1.807, 2.05) is 0 Å². The Balaban J connectivity index is 3.27. The van der Waals surface area contributed by atoms with Crippen LogP contribution in [0.3, 0.4) is 0 Å². The van der Waals surface area contributed by atoms with Gasteiger partial charge < -0.3 is 18.9 Å². The van der Waals surface area contributed by atoms with E-state index in [-0.39, 0.29) is 23.3 Å². The monoisotopic (exact) mass is 288 g/mol. The molecule has 0 saturated heterocycles. The average Bonchev–Trinajstić information content (AvgIpc) is 2.27. The van der Waals surface area contributed by atoms with E-state index in [4.69, 9.17) is 13.8 Å². The maximum Gasteiger partial charge on any atom is 0.365 e. The summed E-state index contributed by atoms with van der Waals surface area (Å²) in [4.78, 5) is 0. The Bertz CT molecular complexity index is 456. The Morgan fingerprint density at radius 1 is 1.11 bits per heavy atom. The highest BCUT2D eigenvalue weighted by Gasteiger charge is 2.33. The van der Waals surface area contributed by atoms with Gasteiger partial charge in [-0.15, -0.1) is 0 Å². The van der Waals surface area contributed by atoms with Crippen molar-refractivity contribution in [3.8, 4) is 11.5 Å². The fourth-order valence-corrected chi connectivity index (χ4v) is 3.57. The summed E-state index contributed by atoms with van der Waals surface area (Å²) in [5.41, 5.74) is 0. The van der Waals surface area contributed by atoms with Crippen molar-refractivity contribution in [2.75, 3.05) is 7.11 Å². The summed E-state index contributed by atoms with van der Waals surface area (Å²) in [5, 5.41) is 10.0. The van der Waals surface area contributed by atoms with Crippen LogP contribution >= 0.6 is 7.60 Å². The minimum atomic E-state index is -3.59. The highest BCUT2D eigenvalue weighted by molar-refractivity contribution is 7.62. The molecule has 0 aromatic heterocycles. The molecule has 1 aromatic rings. The predicted octanol–water partition coefficient (Wildman–Crippen LogP) is 3.07. The van der Waals surface area contributed by atoms with Gasteiger partial charge in [-0.05, 0) is 45.9 Å². The topological polar surface area (TPSA) is 65.0 Å². The number of ether oxygens (including phenoxy) is 1. The van der Waals surface area contributed by atoms with Gasteiger partial charge in [0.15, 0.2) is 0 Å². The summed E-state index contributed by atoms with van der Waals surface area (Å²) in [6.45, 7) is 7.03. The molecule has 1 aromatic carbocycles.